The van der Waals surface area contributed by atoms with E-state index in [4.69, 9.17) is 4.74 Å². The Bertz CT molecular complexity index is 397. The molecule has 0 spiro atoms. The molecular weight excluding hydrogens is 272 g/mol. The highest BCUT2D eigenvalue weighted by Gasteiger charge is 2.35. The lowest BCUT2D eigenvalue weighted by Crippen LogP contribution is -2.58. The second-order valence-corrected chi connectivity index (χ2v) is 6.69. The minimum Gasteiger partial charge on any atom is -0.481 e. The summed E-state index contributed by atoms with van der Waals surface area (Å²) in [6.45, 7) is 6.06. The molecule has 0 aromatic carbocycles. The predicted molar refractivity (Wildman–Crippen MR) is 78.1 cm³/mol. The van der Waals surface area contributed by atoms with Crippen LogP contribution in [0.15, 0.2) is 0 Å². The number of carbonyl (C=O) groups excluding carboxylic acids is 1. The van der Waals surface area contributed by atoms with Gasteiger partial charge in [0.05, 0.1) is 24.7 Å². The summed E-state index contributed by atoms with van der Waals surface area (Å²) >= 11 is 0. The fraction of sp³-hybridized carbons (Fsp3) is 0.867. The van der Waals surface area contributed by atoms with E-state index < -0.39 is 5.97 Å². The van der Waals surface area contributed by atoms with Crippen LogP contribution in [-0.2, 0) is 9.53 Å². The van der Waals surface area contributed by atoms with Gasteiger partial charge in [0, 0.05) is 13.1 Å². The summed E-state index contributed by atoms with van der Waals surface area (Å²) in [4.78, 5) is 25.4. The number of nitrogens with zero attached hydrogens (tertiary/aromatic N) is 1. The first-order chi connectivity index (χ1) is 9.92. The van der Waals surface area contributed by atoms with Gasteiger partial charge in [-0.3, -0.25) is 4.79 Å². The molecule has 2 amide bonds. The fourth-order valence-corrected chi connectivity index (χ4v) is 3.33. The molecule has 21 heavy (non-hydrogen) atoms. The summed E-state index contributed by atoms with van der Waals surface area (Å²) in [7, 11) is 0. The molecule has 2 atom stereocenters. The molecule has 2 N–H and O–H groups in total. The molecule has 2 fully saturated rings. The van der Waals surface area contributed by atoms with E-state index in [1.807, 2.05) is 13.8 Å². The van der Waals surface area contributed by atoms with Gasteiger partial charge in [0.2, 0.25) is 0 Å². The van der Waals surface area contributed by atoms with Crippen molar-refractivity contribution in [3.8, 4) is 0 Å². The molecule has 1 saturated carbocycles. The Morgan fingerprint density at radius 2 is 2.05 bits per heavy atom. The molecule has 0 bridgehead atoms. The molecule has 6 nitrogen and oxygen atoms in total. The Morgan fingerprint density at radius 3 is 2.71 bits per heavy atom. The van der Waals surface area contributed by atoms with Gasteiger partial charge in [-0.15, -0.1) is 0 Å². The van der Waals surface area contributed by atoms with E-state index in [9.17, 15) is 14.7 Å². The predicted octanol–water partition coefficient (Wildman–Crippen LogP) is 1.70. The number of urea groups is 1. The van der Waals surface area contributed by atoms with E-state index in [2.05, 4.69) is 5.32 Å². The molecule has 0 radical (unpaired) electrons. The molecule has 2 aliphatic rings. The summed E-state index contributed by atoms with van der Waals surface area (Å²) in [5, 5.41) is 12.2. The van der Waals surface area contributed by atoms with Gasteiger partial charge in [-0.2, -0.15) is 0 Å². The number of morpholine rings is 1. The minimum absolute atomic E-state index is 0.0457. The molecule has 0 aromatic rings. The van der Waals surface area contributed by atoms with Crippen LogP contribution < -0.4 is 5.32 Å². The molecule has 1 aliphatic heterocycles. The molecule has 1 saturated heterocycles. The molecule has 1 aliphatic carbocycles. The van der Waals surface area contributed by atoms with Crippen molar-refractivity contribution in [2.45, 2.75) is 45.1 Å². The fourth-order valence-electron chi connectivity index (χ4n) is 3.33. The first kappa shape index (κ1) is 16.1. The lowest BCUT2D eigenvalue weighted by molar-refractivity contribution is -0.144. The van der Waals surface area contributed by atoms with E-state index >= 15 is 0 Å². The number of hydrogen-bond acceptors (Lipinski definition) is 3. The van der Waals surface area contributed by atoms with E-state index in [0.29, 0.717) is 26.3 Å². The Morgan fingerprint density at radius 1 is 1.33 bits per heavy atom. The number of carboxylic acid groups (broad SMARTS) is 1. The standard InChI is InChI=1S/C15H26N2O4/c1-15(2)10-21-8-7-17(15)14(20)16-9-11-5-3-4-6-12(11)13(18)19/h11-12H,3-10H2,1-2H3,(H,16,20)(H,18,19). The van der Waals surface area contributed by atoms with Gasteiger partial charge in [-0.05, 0) is 32.6 Å². The summed E-state index contributed by atoms with van der Waals surface area (Å²) in [6, 6.07) is -0.113. The lowest BCUT2D eigenvalue weighted by Gasteiger charge is -2.42. The number of aliphatic carboxylic acids is 1. The number of hydrogen-bond donors (Lipinski definition) is 2. The molecule has 1 heterocycles. The number of ether oxygens (including phenoxy) is 1. The topological polar surface area (TPSA) is 78.9 Å². The number of carboxylic acids is 1. The van der Waals surface area contributed by atoms with Crippen molar-refractivity contribution in [2.75, 3.05) is 26.3 Å². The molecule has 0 aromatic heterocycles. The van der Waals surface area contributed by atoms with Crippen LogP contribution in [0.5, 0.6) is 0 Å². The van der Waals surface area contributed by atoms with Crippen LogP contribution in [0.25, 0.3) is 0 Å². The van der Waals surface area contributed by atoms with Crippen molar-refractivity contribution in [2.24, 2.45) is 11.8 Å². The van der Waals surface area contributed by atoms with Gasteiger partial charge in [0.25, 0.3) is 0 Å². The zero-order chi connectivity index (χ0) is 15.5. The van der Waals surface area contributed by atoms with Crippen molar-refractivity contribution >= 4 is 12.0 Å². The summed E-state index contributed by atoms with van der Waals surface area (Å²) in [6.07, 6.45) is 3.62. The SMILES string of the molecule is CC1(C)COCCN1C(=O)NCC1CCCCC1C(=O)O. The van der Waals surface area contributed by atoms with Crippen LogP contribution in [0.4, 0.5) is 4.79 Å². The largest absolute Gasteiger partial charge is 0.481 e. The van der Waals surface area contributed by atoms with Crippen LogP contribution in [0, 0.1) is 11.8 Å². The van der Waals surface area contributed by atoms with Gasteiger partial charge in [0.1, 0.15) is 0 Å². The van der Waals surface area contributed by atoms with Gasteiger partial charge >= 0.3 is 12.0 Å². The van der Waals surface area contributed by atoms with Crippen molar-refractivity contribution in [1.82, 2.24) is 10.2 Å². The first-order valence-corrected chi connectivity index (χ1v) is 7.78. The van der Waals surface area contributed by atoms with Crippen LogP contribution in [0.2, 0.25) is 0 Å². The molecular formula is C15H26N2O4. The number of nitrogens with one attached hydrogen (secondary N) is 1. The highest BCUT2D eigenvalue weighted by Crippen LogP contribution is 2.30. The van der Waals surface area contributed by atoms with Crippen molar-refractivity contribution in [3.63, 3.8) is 0 Å². The molecule has 2 unspecified atom stereocenters. The van der Waals surface area contributed by atoms with Gasteiger partial charge < -0.3 is 20.1 Å². The van der Waals surface area contributed by atoms with Crippen LogP contribution in [0.3, 0.4) is 0 Å². The second kappa shape index (κ2) is 6.64. The maximum atomic E-state index is 12.3. The summed E-state index contributed by atoms with van der Waals surface area (Å²) in [5.41, 5.74) is -0.318. The maximum Gasteiger partial charge on any atom is 0.318 e. The first-order valence-electron chi connectivity index (χ1n) is 7.78. The van der Waals surface area contributed by atoms with Gasteiger partial charge in [0.15, 0.2) is 0 Å². The Labute approximate surface area is 125 Å². The van der Waals surface area contributed by atoms with Crippen molar-refractivity contribution in [1.29, 1.82) is 0 Å². The third kappa shape index (κ3) is 3.87. The highest BCUT2D eigenvalue weighted by molar-refractivity contribution is 5.75. The maximum absolute atomic E-state index is 12.3. The number of rotatable bonds is 3. The molecule has 6 heteroatoms. The van der Waals surface area contributed by atoms with Crippen molar-refractivity contribution in [3.05, 3.63) is 0 Å². The third-order valence-electron chi connectivity index (χ3n) is 4.63. The quantitative estimate of drug-likeness (QED) is 0.831. The third-order valence-corrected chi connectivity index (χ3v) is 4.63. The lowest BCUT2D eigenvalue weighted by atomic mass is 9.79. The smallest absolute Gasteiger partial charge is 0.318 e. The van der Waals surface area contributed by atoms with E-state index in [0.717, 1.165) is 25.7 Å². The Balaban J connectivity index is 1.89. The van der Waals surface area contributed by atoms with Gasteiger partial charge in [-0.1, -0.05) is 12.8 Å². The van der Waals surface area contributed by atoms with Gasteiger partial charge in [-0.25, -0.2) is 4.79 Å². The summed E-state index contributed by atoms with van der Waals surface area (Å²) in [5.74, 6) is -1.01. The number of carbonyl (C=O) groups is 2. The Kier molecular flexibility index (Phi) is 5.08. The Hall–Kier alpha value is -1.30. The highest BCUT2D eigenvalue weighted by atomic mass is 16.5. The van der Waals surface area contributed by atoms with Crippen molar-refractivity contribution < 1.29 is 19.4 Å². The van der Waals surface area contributed by atoms with Crippen LogP contribution in [-0.4, -0.2) is 53.8 Å². The van der Waals surface area contributed by atoms with E-state index in [1.54, 1.807) is 4.90 Å². The van der Waals surface area contributed by atoms with E-state index in [1.165, 1.54) is 0 Å². The number of amides is 2. The normalized spacial score (nSPS) is 29.0. The zero-order valence-electron chi connectivity index (χ0n) is 12.9. The molecule has 120 valence electrons. The zero-order valence-corrected chi connectivity index (χ0v) is 12.9. The van der Waals surface area contributed by atoms with Crippen LogP contribution >= 0.6 is 0 Å². The van der Waals surface area contributed by atoms with E-state index in [-0.39, 0.29) is 23.4 Å². The van der Waals surface area contributed by atoms with Crippen LogP contribution in [0.1, 0.15) is 39.5 Å². The average molecular weight is 298 g/mol. The summed E-state index contributed by atoms with van der Waals surface area (Å²) < 4.78 is 5.41. The minimum atomic E-state index is -0.736. The second-order valence-electron chi connectivity index (χ2n) is 6.69. The average Bonchev–Trinajstić information content (AvgIpc) is 2.44. The molecule has 2 rings (SSSR count). The monoisotopic (exact) mass is 298 g/mol.